The van der Waals surface area contributed by atoms with Crippen LogP contribution in [-0.4, -0.2) is 22.9 Å². The number of nitrogens with two attached hydrogens (primary N) is 1. The number of rotatable bonds is 1. The summed E-state index contributed by atoms with van der Waals surface area (Å²) in [6, 6.07) is 4.99. The van der Waals surface area contributed by atoms with Gasteiger partial charge in [-0.3, -0.25) is 0 Å². The van der Waals surface area contributed by atoms with E-state index in [9.17, 15) is 9.90 Å². The highest BCUT2D eigenvalue weighted by atomic mass is 16.6. The Morgan fingerprint density at radius 2 is 2.16 bits per heavy atom. The first kappa shape index (κ1) is 13.7. The summed E-state index contributed by atoms with van der Waals surface area (Å²) in [4.78, 5) is 11.8. The molecule has 1 amide bonds. The number of ether oxygens (including phenoxy) is 1. The second-order valence-electron chi connectivity index (χ2n) is 5.85. The second-order valence-corrected chi connectivity index (χ2v) is 5.85. The number of fused-ring (bicyclic) bond motifs is 1. The van der Waals surface area contributed by atoms with Crippen LogP contribution >= 0.6 is 0 Å². The van der Waals surface area contributed by atoms with Crippen LogP contribution in [0.2, 0.25) is 0 Å². The van der Waals surface area contributed by atoms with Gasteiger partial charge < -0.3 is 20.9 Å². The lowest BCUT2D eigenvalue weighted by Gasteiger charge is -2.23. The Labute approximate surface area is 112 Å². The van der Waals surface area contributed by atoms with E-state index in [2.05, 4.69) is 5.32 Å². The molecule has 0 aliphatic heterocycles. The topological polar surface area (TPSA) is 84.6 Å². The Balaban J connectivity index is 2.14. The van der Waals surface area contributed by atoms with Crippen LogP contribution in [0.4, 0.5) is 10.5 Å². The van der Waals surface area contributed by atoms with Gasteiger partial charge in [-0.25, -0.2) is 4.79 Å². The van der Waals surface area contributed by atoms with E-state index in [4.69, 9.17) is 10.5 Å². The molecule has 0 radical (unpaired) electrons. The van der Waals surface area contributed by atoms with Crippen LogP contribution < -0.4 is 11.1 Å². The number of hydrogen-bond donors (Lipinski definition) is 3. The average molecular weight is 264 g/mol. The fourth-order valence-electron chi connectivity index (χ4n) is 2.25. The number of alkyl carbamates (subject to hydrolysis) is 1. The molecule has 4 N–H and O–H groups in total. The SMILES string of the molecule is CC(C)(C)OC(=O)NC1c2cc(N)ccc2C[C@H]1O. The number of anilines is 1. The molecule has 1 aliphatic carbocycles. The van der Waals surface area contributed by atoms with Gasteiger partial charge in [-0.1, -0.05) is 6.07 Å². The van der Waals surface area contributed by atoms with E-state index < -0.39 is 23.8 Å². The van der Waals surface area contributed by atoms with E-state index >= 15 is 0 Å². The van der Waals surface area contributed by atoms with Crippen LogP contribution in [0, 0.1) is 0 Å². The maximum atomic E-state index is 11.8. The molecule has 5 heteroatoms. The fourth-order valence-corrected chi connectivity index (χ4v) is 2.25. The molecular formula is C14H20N2O3. The van der Waals surface area contributed by atoms with Gasteiger partial charge in [0.2, 0.25) is 0 Å². The standard InChI is InChI=1S/C14H20N2O3/c1-14(2,3)19-13(18)16-12-10-7-9(15)5-4-8(10)6-11(12)17/h4-5,7,11-12,17H,6,15H2,1-3H3,(H,16,18)/t11-,12?/m1/s1. The molecule has 1 aromatic rings. The summed E-state index contributed by atoms with van der Waals surface area (Å²) in [5.41, 5.74) is 7.66. The number of nitrogen functional groups attached to an aromatic ring is 1. The summed E-state index contributed by atoms with van der Waals surface area (Å²) in [5.74, 6) is 0. The molecule has 0 saturated heterocycles. The largest absolute Gasteiger partial charge is 0.444 e. The van der Waals surface area contributed by atoms with Gasteiger partial charge >= 0.3 is 6.09 Å². The zero-order valence-corrected chi connectivity index (χ0v) is 11.4. The number of carbonyl (C=O) groups excluding carboxylic acids is 1. The van der Waals surface area contributed by atoms with Gasteiger partial charge in [0.05, 0.1) is 12.1 Å². The van der Waals surface area contributed by atoms with E-state index in [1.807, 2.05) is 6.07 Å². The van der Waals surface area contributed by atoms with Gasteiger partial charge in [0, 0.05) is 12.1 Å². The lowest BCUT2D eigenvalue weighted by molar-refractivity contribution is 0.0438. The Bertz CT molecular complexity index is 494. The van der Waals surface area contributed by atoms with Crippen LogP contribution in [0.3, 0.4) is 0 Å². The zero-order valence-electron chi connectivity index (χ0n) is 11.4. The molecule has 5 nitrogen and oxygen atoms in total. The minimum absolute atomic E-state index is 0.464. The van der Waals surface area contributed by atoms with Crippen LogP contribution in [0.15, 0.2) is 18.2 Å². The van der Waals surface area contributed by atoms with Crippen molar-refractivity contribution in [3.8, 4) is 0 Å². The Hall–Kier alpha value is -1.75. The molecule has 2 rings (SSSR count). The van der Waals surface area contributed by atoms with E-state index in [-0.39, 0.29) is 0 Å². The zero-order chi connectivity index (χ0) is 14.2. The monoisotopic (exact) mass is 264 g/mol. The number of benzene rings is 1. The quantitative estimate of drug-likeness (QED) is 0.675. The Kier molecular flexibility index (Phi) is 3.41. The first-order chi connectivity index (χ1) is 8.76. The maximum absolute atomic E-state index is 11.8. The lowest BCUT2D eigenvalue weighted by Crippen LogP contribution is -2.38. The summed E-state index contributed by atoms with van der Waals surface area (Å²) in [6.07, 6.45) is -0.674. The van der Waals surface area contributed by atoms with Crippen molar-refractivity contribution in [2.24, 2.45) is 0 Å². The molecule has 0 fully saturated rings. The van der Waals surface area contributed by atoms with Crippen LogP contribution in [0.5, 0.6) is 0 Å². The van der Waals surface area contributed by atoms with Crippen molar-refractivity contribution in [3.05, 3.63) is 29.3 Å². The summed E-state index contributed by atoms with van der Waals surface area (Å²) >= 11 is 0. The highest BCUT2D eigenvalue weighted by Gasteiger charge is 2.33. The third-order valence-electron chi connectivity index (χ3n) is 2.99. The molecule has 19 heavy (non-hydrogen) atoms. The first-order valence-electron chi connectivity index (χ1n) is 6.32. The van der Waals surface area contributed by atoms with Gasteiger partial charge in [-0.2, -0.15) is 0 Å². The van der Waals surface area contributed by atoms with Crippen LogP contribution in [-0.2, 0) is 11.2 Å². The van der Waals surface area contributed by atoms with Crippen molar-refractivity contribution >= 4 is 11.8 Å². The maximum Gasteiger partial charge on any atom is 0.408 e. The number of hydrogen-bond acceptors (Lipinski definition) is 4. The Morgan fingerprint density at radius 1 is 1.47 bits per heavy atom. The molecule has 2 atom stereocenters. The molecule has 1 unspecified atom stereocenters. The van der Waals surface area contributed by atoms with Gasteiger partial charge in [0.15, 0.2) is 0 Å². The van der Waals surface area contributed by atoms with Gasteiger partial charge in [-0.15, -0.1) is 0 Å². The van der Waals surface area contributed by atoms with Crippen molar-refractivity contribution in [1.82, 2.24) is 5.32 Å². The van der Waals surface area contributed by atoms with Crippen LogP contribution in [0.1, 0.15) is 37.9 Å². The predicted octanol–water partition coefficient (Wildman–Crippen LogP) is 1.75. The number of aliphatic hydroxyl groups is 1. The van der Waals surface area contributed by atoms with E-state index in [0.717, 1.165) is 11.1 Å². The summed E-state index contributed by atoms with van der Waals surface area (Å²) < 4.78 is 5.20. The van der Waals surface area contributed by atoms with Crippen molar-refractivity contribution in [2.45, 2.75) is 44.9 Å². The molecular weight excluding hydrogens is 244 g/mol. The lowest BCUT2D eigenvalue weighted by atomic mass is 10.1. The smallest absolute Gasteiger partial charge is 0.408 e. The van der Waals surface area contributed by atoms with E-state index in [0.29, 0.717) is 12.1 Å². The highest BCUT2D eigenvalue weighted by Crippen LogP contribution is 2.33. The van der Waals surface area contributed by atoms with Gasteiger partial charge in [-0.05, 0) is 44.0 Å². The van der Waals surface area contributed by atoms with Crippen molar-refractivity contribution < 1.29 is 14.6 Å². The van der Waals surface area contributed by atoms with Gasteiger partial charge in [0.1, 0.15) is 5.60 Å². The number of amides is 1. The minimum Gasteiger partial charge on any atom is -0.444 e. The molecule has 0 aromatic heterocycles. The average Bonchev–Trinajstić information content (AvgIpc) is 2.53. The first-order valence-corrected chi connectivity index (χ1v) is 6.32. The van der Waals surface area contributed by atoms with Crippen molar-refractivity contribution in [2.75, 3.05) is 5.73 Å². The molecule has 1 aromatic carbocycles. The van der Waals surface area contributed by atoms with E-state index in [1.54, 1.807) is 32.9 Å². The second kappa shape index (κ2) is 4.74. The number of carbonyl (C=O) groups is 1. The fraction of sp³-hybridized carbons (Fsp3) is 0.500. The van der Waals surface area contributed by atoms with E-state index in [1.165, 1.54) is 0 Å². The number of nitrogens with one attached hydrogen (secondary N) is 1. The molecule has 0 spiro atoms. The Morgan fingerprint density at radius 3 is 2.79 bits per heavy atom. The third kappa shape index (κ3) is 3.17. The molecule has 0 saturated carbocycles. The molecule has 0 bridgehead atoms. The van der Waals surface area contributed by atoms with Crippen molar-refractivity contribution in [1.29, 1.82) is 0 Å². The predicted molar refractivity (Wildman–Crippen MR) is 72.7 cm³/mol. The highest BCUT2D eigenvalue weighted by molar-refractivity contribution is 5.69. The van der Waals surface area contributed by atoms with Gasteiger partial charge in [0.25, 0.3) is 0 Å². The van der Waals surface area contributed by atoms with Crippen LogP contribution in [0.25, 0.3) is 0 Å². The summed E-state index contributed by atoms with van der Waals surface area (Å²) in [7, 11) is 0. The number of aliphatic hydroxyl groups excluding tert-OH is 1. The van der Waals surface area contributed by atoms with Crippen molar-refractivity contribution in [3.63, 3.8) is 0 Å². The third-order valence-corrected chi connectivity index (χ3v) is 2.99. The molecule has 104 valence electrons. The minimum atomic E-state index is -0.649. The summed E-state index contributed by atoms with van der Waals surface area (Å²) in [6.45, 7) is 5.39. The molecule has 0 heterocycles. The molecule has 1 aliphatic rings. The normalized spacial score (nSPS) is 21.9. The summed E-state index contributed by atoms with van der Waals surface area (Å²) in [5, 5.41) is 12.7.